The highest BCUT2D eigenvalue weighted by atomic mass is 16.5. The molecular formula is C17H21NO2. The van der Waals surface area contributed by atoms with Crippen LogP contribution in [0.5, 0.6) is 5.75 Å². The van der Waals surface area contributed by atoms with E-state index in [2.05, 4.69) is 24.4 Å². The normalized spacial score (nSPS) is 11.9. The highest BCUT2D eigenvalue weighted by Gasteiger charge is 2.05. The molecule has 3 heteroatoms. The van der Waals surface area contributed by atoms with E-state index in [0.29, 0.717) is 13.0 Å². The van der Waals surface area contributed by atoms with E-state index in [9.17, 15) is 5.11 Å². The summed E-state index contributed by atoms with van der Waals surface area (Å²) in [4.78, 5) is 0. The summed E-state index contributed by atoms with van der Waals surface area (Å²) in [5.41, 5.74) is 3.36. The summed E-state index contributed by atoms with van der Waals surface area (Å²) in [5.74, 6) is 0.834. The summed E-state index contributed by atoms with van der Waals surface area (Å²) in [6.07, 6.45) is 0.216. The molecule has 2 aromatic carbocycles. The number of anilines is 1. The first-order valence-electron chi connectivity index (χ1n) is 6.79. The summed E-state index contributed by atoms with van der Waals surface area (Å²) in [7, 11) is 1.65. The second-order valence-corrected chi connectivity index (χ2v) is 4.95. The molecule has 0 bridgehead atoms. The van der Waals surface area contributed by atoms with Crippen molar-refractivity contribution in [1.82, 2.24) is 0 Å². The van der Waals surface area contributed by atoms with Gasteiger partial charge in [0.2, 0.25) is 0 Å². The fraction of sp³-hybridized carbons (Fsp3) is 0.294. The monoisotopic (exact) mass is 271 g/mol. The summed E-state index contributed by atoms with van der Waals surface area (Å²) in [6.45, 7) is 2.59. The average Bonchev–Trinajstić information content (AvgIpc) is 2.47. The van der Waals surface area contributed by atoms with Gasteiger partial charge in [-0.1, -0.05) is 29.8 Å². The second-order valence-electron chi connectivity index (χ2n) is 4.95. The lowest BCUT2D eigenvalue weighted by Crippen LogP contribution is -2.21. The SMILES string of the molecule is COc1ccc(CC(O)CNc2ccc(C)cc2)cc1. The highest BCUT2D eigenvalue weighted by molar-refractivity contribution is 5.44. The van der Waals surface area contributed by atoms with Crippen molar-refractivity contribution < 1.29 is 9.84 Å². The van der Waals surface area contributed by atoms with Crippen LogP contribution in [-0.4, -0.2) is 24.9 Å². The van der Waals surface area contributed by atoms with Gasteiger partial charge in [-0.2, -0.15) is 0 Å². The van der Waals surface area contributed by atoms with E-state index in [1.54, 1.807) is 7.11 Å². The number of hydrogen-bond donors (Lipinski definition) is 2. The third kappa shape index (κ3) is 4.28. The maximum absolute atomic E-state index is 10.1. The Morgan fingerprint density at radius 2 is 1.70 bits per heavy atom. The predicted octanol–water partition coefficient (Wildman–Crippen LogP) is 3.02. The number of benzene rings is 2. The molecule has 0 radical (unpaired) electrons. The summed E-state index contributed by atoms with van der Waals surface area (Å²) >= 11 is 0. The number of rotatable bonds is 6. The Balaban J connectivity index is 1.82. The number of ether oxygens (including phenoxy) is 1. The molecule has 1 atom stereocenters. The van der Waals surface area contributed by atoms with Gasteiger partial charge in [0.15, 0.2) is 0 Å². The van der Waals surface area contributed by atoms with Gasteiger partial charge in [0, 0.05) is 18.7 Å². The first-order chi connectivity index (χ1) is 9.67. The van der Waals surface area contributed by atoms with Gasteiger partial charge in [0.05, 0.1) is 13.2 Å². The molecule has 0 saturated carbocycles. The number of hydrogen-bond acceptors (Lipinski definition) is 3. The van der Waals surface area contributed by atoms with E-state index in [4.69, 9.17) is 4.74 Å². The maximum Gasteiger partial charge on any atom is 0.118 e. The number of methoxy groups -OCH3 is 1. The fourth-order valence-corrected chi connectivity index (χ4v) is 2.01. The van der Waals surface area contributed by atoms with Crippen molar-refractivity contribution in [3.63, 3.8) is 0 Å². The zero-order valence-electron chi connectivity index (χ0n) is 12.0. The molecule has 0 amide bonds. The third-order valence-corrected chi connectivity index (χ3v) is 3.22. The largest absolute Gasteiger partial charge is 0.497 e. The molecule has 0 aliphatic heterocycles. The van der Waals surface area contributed by atoms with Crippen molar-refractivity contribution in [2.75, 3.05) is 19.0 Å². The number of aliphatic hydroxyl groups is 1. The Hall–Kier alpha value is -2.00. The zero-order valence-corrected chi connectivity index (χ0v) is 12.0. The van der Waals surface area contributed by atoms with Crippen molar-refractivity contribution in [2.24, 2.45) is 0 Å². The Bertz CT molecular complexity index is 520. The molecule has 3 nitrogen and oxygen atoms in total. The van der Waals surface area contributed by atoms with Crippen LogP contribution in [0.25, 0.3) is 0 Å². The van der Waals surface area contributed by atoms with Crippen LogP contribution >= 0.6 is 0 Å². The predicted molar refractivity (Wildman–Crippen MR) is 82.4 cm³/mol. The molecule has 2 N–H and O–H groups in total. The van der Waals surface area contributed by atoms with E-state index >= 15 is 0 Å². The van der Waals surface area contributed by atoms with Gasteiger partial charge in [-0.25, -0.2) is 0 Å². The van der Waals surface area contributed by atoms with E-state index in [-0.39, 0.29) is 0 Å². The third-order valence-electron chi connectivity index (χ3n) is 3.22. The molecule has 0 spiro atoms. The van der Waals surface area contributed by atoms with Crippen LogP contribution in [0.3, 0.4) is 0 Å². The van der Waals surface area contributed by atoms with Crippen LogP contribution in [0.1, 0.15) is 11.1 Å². The molecule has 20 heavy (non-hydrogen) atoms. The first kappa shape index (κ1) is 14.4. The van der Waals surface area contributed by atoms with Gasteiger partial charge < -0.3 is 15.2 Å². The summed E-state index contributed by atoms with van der Waals surface area (Å²) in [5, 5.41) is 13.3. The summed E-state index contributed by atoms with van der Waals surface area (Å²) in [6, 6.07) is 15.9. The highest BCUT2D eigenvalue weighted by Crippen LogP contribution is 2.13. The second kappa shape index (κ2) is 6.96. The minimum absolute atomic E-state index is 0.412. The number of aliphatic hydroxyl groups excluding tert-OH is 1. The molecule has 0 aromatic heterocycles. The van der Waals surface area contributed by atoms with Crippen LogP contribution in [0.4, 0.5) is 5.69 Å². The molecule has 0 fully saturated rings. The molecular weight excluding hydrogens is 250 g/mol. The molecule has 0 heterocycles. The van der Waals surface area contributed by atoms with E-state index in [0.717, 1.165) is 17.0 Å². The number of nitrogens with one attached hydrogen (secondary N) is 1. The maximum atomic E-state index is 10.1. The minimum Gasteiger partial charge on any atom is -0.497 e. The van der Waals surface area contributed by atoms with Crippen molar-refractivity contribution in [3.8, 4) is 5.75 Å². The Morgan fingerprint density at radius 1 is 1.05 bits per heavy atom. The topological polar surface area (TPSA) is 41.5 Å². The van der Waals surface area contributed by atoms with Gasteiger partial charge in [-0.3, -0.25) is 0 Å². The fourth-order valence-electron chi connectivity index (χ4n) is 2.01. The van der Waals surface area contributed by atoms with Gasteiger partial charge in [-0.15, -0.1) is 0 Å². The Morgan fingerprint density at radius 3 is 2.30 bits per heavy atom. The van der Waals surface area contributed by atoms with Gasteiger partial charge >= 0.3 is 0 Å². The van der Waals surface area contributed by atoms with Crippen LogP contribution in [0.15, 0.2) is 48.5 Å². The van der Waals surface area contributed by atoms with E-state index < -0.39 is 6.10 Å². The molecule has 2 aromatic rings. The number of aryl methyl sites for hydroxylation is 1. The molecule has 106 valence electrons. The molecule has 0 aliphatic rings. The molecule has 2 rings (SSSR count). The molecule has 1 unspecified atom stereocenters. The zero-order chi connectivity index (χ0) is 14.4. The Kier molecular flexibility index (Phi) is 5.02. The lowest BCUT2D eigenvalue weighted by atomic mass is 10.1. The molecule has 0 aliphatic carbocycles. The lowest BCUT2D eigenvalue weighted by Gasteiger charge is -2.13. The van der Waals surface area contributed by atoms with Crippen LogP contribution in [-0.2, 0) is 6.42 Å². The van der Waals surface area contributed by atoms with E-state index in [1.807, 2.05) is 36.4 Å². The molecule has 0 saturated heterocycles. The quantitative estimate of drug-likeness (QED) is 0.848. The van der Waals surface area contributed by atoms with E-state index in [1.165, 1.54) is 5.56 Å². The Labute approximate surface area is 120 Å². The average molecular weight is 271 g/mol. The van der Waals surface area contributed by atoms with Crippen molar-refractivity contribution >= 4 is 5.69 Å². The summed E-state index contributed by atoms with van der Waals surface area (Å²) < 4.78 is 5.11. The van der Waals surface area contributed by atoms with Gasteiger partial charge in [0.1, 0.15) is 5.75 Å². The smallest absolute Gasteiger partial charge is 0.118 e. The van der Waals surface area contributed by atoms with Gasteiger partial charge in [0.25, 0.3) is 0 Å². The van der Waals surface area contributed by atoms with Gasteiger partial charge in [-0.05, 0) is 36.8 Å². The van der Waals surface area contributed by atoms with Crippen molar-refractivity contribution in [1.29, 1.82) is 0 Å². The first-order valence-corrected chi connectivity index (χ1v) is 6.79. The van der Waals surface area contributed by atoms with Crippen LogP contribution < -0.4 is 10.1 Å². The van der Waals surface area contributed by atoms with Crippen LogP contribution in [0, 0.1) is 6.92 Å². The van der Waals surface area contributed by atoms with Crippen LogP contribution in [0.2, 0.25) is 0 Å². The van der Waals surface area contributed by atoms with Crippen molar-refractivity contribution in [2.45, 2.75) is 19.4 Å². The standard InChI is InChI=1S/C17H21NO2/c1-13-3-7-15(8-4-13)18-12-16(19)11-14-5-9-17(20-2)10-6-14/h3-10,16,18-19H,11-12H2,1-2H3. The minimum atomic E-state index is -0.412. The van der Waals surface area contributed by atoms with Crippen molar-refractivity contribution in [3.05, 3.63) is 59.7 Å². The lowest BCUT2D eigenvalue weighted by molar-refractivity contribution is 0.188.